The van der Waals surface area contributed by atoms with Crippen molar-refractivity contribution in [1.29, 1.82) is 5.26 Å². The van der Waals surface area contributed by atoms with E-state index in [4.69, 9.17) is 16.0 Å². The van der Waals surface area contributed by atoms with Crippen LogP contribution in [0.1, 0.15) is 17.1 Å². The standard InChI is InChI=1S/C28H21BrClN3O4S/c29-22-6-10-24(11-7-22)32-28(34)21(17-31)16-25-12-13-26(37-25)19-33(18-20-4-2-1-3-5-20)38(35,36)27-14-8-23(30)9-15-27/h1-16H,18-19H2,(H,32,34)/b21-16-. The molecule has 0 aliphatic rings. The summed E-state index contributed by atoms with van der Waals surface area (Å²) in [6, 6.07) is 27.1. The van der Waals surface area contributed by atoms with Gasteiger partial charge in [0.1, 0.15) is 23.2 Å². The summed E-state index contributed by atoms with van der Waals surface area (Å²) < 4.78 is 35.0. The van der Waals surface area contributed by atoms with Crippen LogP contribution in [0, 0.1) is 11.3 Å². The van der Waals surface area contributed by atoms with Crippen LogP contribution in [0.25, 0.3) is 6.08 Å². The maximum Gasteiger partial charge on any atom is 0.266 e. The molecular formula is C28H21BrClN3O4S. The van der Waals surface area contributed by atoms with Crippen LogP contribution in [0.2, 0.25) is 5.02 Å². The van der Waals surface area contributed by atoms with E-state index in [2.05, 4.69) is 21.2 Å². The number of carbonyl (C=O) groups excluding carboxylic acids is 1. The highest BCUT2D eigenvalue weighted by Crippen LogP contribution is 2.24. The number of halogens is 2. The van der Waals surface area contributed by atoms with Gasteiger partial charge in [-0.1, -0.05) is 57.9 Å². The molecule has 0 bridgehead atoms. The molecule has 7 nitrogen and oxygen atoms in total. The van der Waals surface area contributed by atoms with Crippen LogP contribution in [0.15, 0.2) is 110 Å². The first kappa shape index (κ1) is 27.4. The first-order chi connectivity index (χ1) is 18.2. The minimum absolute atomic E-state index is 0.0688. The Morgan fingerprint density at radius 1 is 0.974 bits per heavy atom. The van der Waals surface area contributed by atoms with E-state index in [1.165, 1.54) is 34.6 Å². The van der Waals surface area contributed by atoms with Gasteiger partial charge in [0, 0.05) is 27.8 Å². The van der Waals surface area contributed by atoms with Crippen LogP contribution >= 0.6 is 27.5 Å². The van der Waals surface area contributed by atoms with Crippen molar-refractivity contribution in [1.82, 2.24) is 4.31 Å². The fourth-order valence-electron chi connectivity index (χ4n) is 3.52. The van der Waals surface area contributed by atoms with Crippen LogP contribution in [0.3, 0.4) is 0 Å². The Morgan fingerprint density at radius 2 is 1.66 bits per heavy atom. The van der Waals surface area contributed by atoms with Gasteiger partial charge in [0.2, 0.25) is 10.0 Å². The van der Waals surface area contributed by atoms with E-state index >= 15 is 0 Å². The quantitative estimate of drug-likeness (QED) is 0.169. The van der Waals surface area contributed by atoms with E-state index in [-0.39, 0.29) is 29.3 Å². The molecule has 1 heterocycles. The number of nitrogens with zero attached hydrogens (tertiary/aromatic N) is 2. The molecule has 1 aromatic heterocycles. The van der Waals surface area contributed by atoms with Crippen LogP contribution in [0.5, 0.6) is 0 Å². The van der Waals surface area contributed by atoms with Crippen molar-refractivity contribution in [3.05, 3.63) is 123 Å². The number of rotatable bonds is 9. The number of furan rings is 1. The van der Waals surface area contributed by atoms with Gasteiger partial charge in [-0.2, -0.15) is 9.57 Å². The number of benzene rings is 3. The smallest absolute Gasteiger partial charge is 0.266 e. The fourth-order valence-corrected chi connectivity index (χ4v) is 5.31. The Kier molecular flexibility index (Phi) is 8.81. The van der Waals surface area contributed by atoms with Crippen molar-refractivity contribution in [3.63, 3.8) is 0 Å². The number of nitrogens with one attached hydrogen (secondary N) is 1. The van der Waals surface area contributed by atoms with Gasteiger partial charge in [-0.25, -0.2) is 8.42 Å². The highest BCUT2D eigenvalue weighted by molar-refractivity contribution is 9.10. The molecule has 0 radical (unpaired) electrons. The number of anilines is 1. The minimum atomic E-state index is -3.90. The summed E-state index contributed by atoms with van der Waals surface area (Å²) in [5, 5.41) is 12.6. The third-order valence-corrected chi connectivity index (χ3v) is 8.01. The zero-order valence-corrected chi connectivity index (χ0v) is 23.0. The zero-order chi connectivity index (χ0) is 27.1. The molecule has 192 valence electrons. The van der Waals surface area contributed by atoms with Gasteiger partial charge < -0.3 is 9.73 Å². The van der Waals surface area contributed by atoms with Crippen LogP contribution in [-0.4, -0.2) is 18.6 Å². The molecule has 0 saturated carbocycles. The lowest BCUT2D eigenvalue weighted by molar-refractivity contribution is -0.112. The second kappa shape index (κ2) is 12.2. The SMILES string of the molecule is N#C/C(=C/c1ccc(CN(Cc2ccccc2)S(=O)(=O)c2ccc(Cl)cc2)o1)C(=O)Nc1ccc(Br)cc1. The maximum atomic E-state index is 13.5. The van der Waals surface area contributed by atoms with Crippen molar-refractivity contribution < 1.29 is 17.6 Å². The first-order valence-electron chi connectivity index (χ1n) is 11.3. The molecule has 4 aromatic rings. The minimum Gasteiger partial charge on any atom is -0.460 e. The third-order valence-electron chi connectivity index (χ3n) is 5.42. The highest BCUT2D eigenvalue weighted by atomic mass is 79.9. The van der Waals surface area contributed by atoms with Crippen molar-refractivity contribution in [2.75, 3.05) is 5.32 Å². The molecule has 0 saturated heterocycles. The molecule has 3 aromatic carbocycles. The molecule has 0 aliphatic carbocycles. The summed E-state index contributed by atoms with van der Waals surface area (Å²) >= 11 is 9.28. The van der Waals surface area contributed by atoms with E-state index in [0.717, 1.165) is 10.0 Å². The normalized spacial score (nSPS) is 11.8. The maximum absolute atomic E-state index is 13.5. The van der Waals surface area contributed by atoms with Crippen molar-refractivity contribution >= 4 is 55.2 Å². The first-order valence-corrected chi connectivity index (χ1v) is 13.9. The highest BCUT2D eigenvalue weighted by Gasteiger charge is 2.26. The molecular weight excluding hydrogens is 590 g/mol. The van der Waals surface area contributed by atoms with Crippen molar-refractivity contribution in [2.45, 2.75) is 18.0 Å². The van der Waals surface area contributed by atoms with Gasteiger partial charge in [-0.05, 0) is 66.2 Å². The summed E-state index contributed by atoms with van der Waals surface area (Å²) in [7, 11) is -3.90. The number of sulfonamides is 1. The average molecular weight is 611 g/mol. The summed E-state index contributed by atoms with van der Waals surface area (Å²) in [4.78, 5) is 12.7. The Balaban J connectivity index is 1.56. The van der Waals surface area contributed by atoms with E-state index in [1.54, 1.807) is 36.4 Å². The molecule has 10 heteroatoms. The van der Waals surface area contributed by atoms with E-state index < -0.39 is 15.9 Å². The van der Waals surface area contributed by atoms with Gasteiger partial charge in [-0.3, -0.25) is 4.79 Å². The zero-order valence-electron chi connectivity index (χ0n) is 19.8. The monoisotopic (exact) mass is 609 g/mol. The molecule has 4 rings (SSSR count). The lowest BCUT2D eigenvalue weighted by Gasteiger charge is -2.21. The predicted octanol–water partition coefficient (Wildman–Crippen LogP) is 6.63. The number of amides is 1. The Hall–Kier alpha value is -3.68. The molecule has 0 aliphatic heterocycles. The van der Waals surface area contributed by atoms with Crippen LogP contribution in [-0.2, 0) is 27.9 Å². The fraction of sp³-hybridized carbons (Fsp3) is 0.0714. The Labute approximate surface area is 234 Å². The van der Waals surface area contributed by atoms with Crippen LogP contribution < -0.4 is 5.32 Å². The summed E-state index contributed by atoms with van der Waals surface area (Å²) in [5.41, 5.74) is 1.17. The second-order valence-corrected chi connectivity index (χ2v) is 11.4. The molecule has 38 heavy (non-hydrogen) atoms. The Bertz CT molecular complexity index is 1590. The number of nitriles is 1. The van der Waals surface area contributed by atoms with E-state index in [9.17, 15) is 18.5 Å². The summed E-state index contributed by atoms with van der Waals surface area (Å²) in [6.07, 6.45) is 1.31. The second-order valence-electron chi connectivity index (χ2n) is 8.15. The summed E-state index contributed by atoms with van der Waals surface area (Å²) in [6.45, 7) is 0.0391. The molecule has 0 fully saturated rings. The van der Waals surface area contributed by atoms with Crippen molar-refractivity contribution in [3.8, 4) is 6.07 Å². The largest absolute Gasteiger partial charge is 0.460 e. The van der Waals surface area contributed by atoms with Gasteiger partial charge in [-0.15, -0.1) is 0 Å². The van der Waals surface area contributed by atoms with Gasteiger partial charge >= 0.3 is 0 Å². The number of carbonyl (C=O) groups is 1. The van der Waals surface area contributed by atoms with Gasteiger partial charge in [0.15, 0.2) is 0 Å². The Morgan fingerprint density at radius 3 is 2.32 bits per heavy atom. The summed E-state index contributed by atoms with van der Waals surface area (Å²) in [5.74, 6) is -0.00909. The van der Waals surface area contributed by atoms with Crippen LogP contribution in [0.4, 0.5) is 5.69 Å². The van der Waals surface area contributed by atoms with Crippen molar-refractivity contribution in [2.24, 2.45) is 0 Å². The number of hydrogen-bond donors (Lipinski definition) is 1. The molecule has 0 unspecified atom stereocenters. The molecule has 1 amide bonds. The lowest BCUT2D eigenvalue weighted by Crippen LogP contribution is -2.30. The third kappa shape index (κ3) is 7.00. The predicted molar refractivity (Wildman–Crippen MR) is 149 cm³/mol. The van der Waals surface area contributed by atoms with Gasteiger partial charge in [0.05, 0.1) is 11.4 Å². The average Bonchev–Trinajstić information content (AvgIpc) is 3.36. The molecule has 0 atom stereocenters. The van der Waals surface area contributed by atoms with E-state index in [0.29, 0.717) is 16.5 Å². The topological polar surface area (TPSA) is 103 Å². The lowest BCUT2D eigenvalue weighted by atomic mass is 10.2. The van der Waals surface area contributed by atoms with E-state index in [1.807, 2.05) is 36.4 Å². The molecule has 1 N–H and O–H groups in total. The van der Waals surface area contributed by atoms with Gasteiger partial charge in [0.25, 0.3) is 5.91 Å². The number of hydrogen-bond acceptors (Lipinski definition) is 5. The molecule has 0 spiro atoms.